The van der Waals surface area contributed by atoms with Crippen molar-refractivity contribution >= 4 is 22.5 Å². The normalized spacial score (nSPS) is 10.8. The molecule has 0 unspecified atom stereocenters. The van der Waals surface area contributed by atoms with Gasteiger partial charge in [-0.2, -0.15) is 0 Å². The van der Waals surface area contributed by atoms with Gasteiger partial charge in [0.1, 0.15) is 11.6 Å². The Hall–Kier alpha value is -2.82. The number of hydrogen-bond donors (Lipinski definition) is 1. The van der Waals surface area contributed by atoms with Crippen molar-refractivity contribution in [3.63, 3.8) is 0 Å². The molecular weight excluding hydrogens is 298 g/mol. The number of fused-ring (bicyclic) bond motifs is 1. The van der Waals surface area contributed by atoms with Crippen LogP contribution in [-0.2, 0) is 0 Å². The Bertz CT molecular complexity index is 922. The first kappa shape index (κ1) is 15.1. The Labute approximate surface area is 132 Å². The number of hydrogen-bond acceptors (Lipinski definition) is 2. The van der Waals surface area contributed by atoms with Crippen LogP contribution in [0.25, 0.3) is 10.9 Å². The molecule has 2 aromatic carbocycles. The van der Waals surface area contributed by atoms with Crippen molar-refractivity contribution < 1.29 is 13.6 Å². The largest absolute Gasteiger partial charge is 0.319 e. The molecule has 3 rings (SSSR count). The van der Waals surface area contributed by atoms with Crippen molar-refractivity contribution in [2.75, 3.05) is 5.32 Å². The van der Waals surface area contributed by atoms with E-state index in [4.69, 9.17) is 0 Å². The van der Waals surface area contributed by atoms with Gasteiger partial charge >= 0.3 is 0 Å². The Morgan fingerprint density at radius 1 is 1.09 bits per heavy atom. The van der Waals surface area contributed by atoms with Gasteiger partial charge in [0.15, 0.2) is 0 Å². The summed E-state index contributed by atoms with van der Waals surface area (Å²) in [5.41, 5.74) is 2.46. The third kappa shape index (κ3) is 2.77. The number of aromatic nitrogens is 1. The highest BCUT2D eigenvalue weighted by Gasteiger charge is 2.17. The highest BCUT2D eigenvalue weighted by molar-refractivity contribution is 6.08. The molecule has 0 saturated carbocycles. The quantitative estimate of drug-likeness (QED) is 0.763. The second-order valence-corrected chi connectivity index (χ2v) is 5.29. The van der Waals surface area contributed by atoms with Crippen LogP contribution < -0.4 is 5.32 Å². The van der Waals surface area contributed by atoms with E-state index in [0.29, 0.717) is 11.3 Å². The first-order valence-corrected chi connectivity index (χ1v) is 7.09. The summed E-state index contributed by atoms with van der Waals surface area (Å²) in [6.07, 6.45) is 0. The Morgan fingerprint density at radius 3 is 2.57 bits per heavy atom. The van der Waals surface area contributed by atoms with Crippen molar-refractivity contribution in [2.45, 2.75) is 13.8 Å². The number of para-hydroxylation sites is 1. The SMILES string of the molecule is Cc1nc2ccccc2c(C)c1C(=O)Nc1ccc(F)cc1F. The number of benzene rings is 2. The smallest absolute Gasteiger partial charge is 0.257 e. The van der Waals surface area contributed by atoms with E-state index >= 15 is 0 Å². The maximum absolute atomic E-state index is 13.7. The van der Waals surface area contributed by atoms with Gasteiger partial charge in [-0.05, 0) is 37.6 Å². The van der Waals surface area contributed by atoms with E-state index in [9.17, 15) is 13.6 Å². The summed E-state index contributed by atoms with van der Waals surface area (Å²) in [5, 5.41) is 3.34. The molecule has 1 amide bonds. The molecule has 0 aliphatic heterocycles. The number of halogens is 2. The lowest BCUT2D eigenvalue weighted by Gasteiger charge is -2.13. The van der Waals surface area contributed by atoms with E-state index in [0.717, 1.165) is 28.6 Å². The molecule has 3 nitrogen and oxygen atoms in total. The van der Waals surface area contributed by atoms with Gasteiger partial charge in [0.25, 0.3) is 5.91 Å². The summed E-state index contributed by atoms with van der Waals surface area (Å²) >= 11 is 0. The van der Waals surface area contributed by atoms with Gasteiger partial charge in [0.05, 0.1) is 22.5 Å². The summed E-state index contributed by atoms with van der Waals surface area (Å²) in [5.74, 6) is -1.98. The number of amides is 1. The number of anilines is 1. The minimum Gasteiger partial charge on any atom is -0.319 e. The van der Waals surface area contributed by atoms with Crippen LogP contribution in [0.15, 0.2) is 42.5 Å². The van der Waals surface area contributed by atoms with E-state index in [1.54, 1.807) is 6.92 Å². The van der Waals surface area contributed by atoms with Gasteiger partial charge in [-0.3, -0.25) is 9.78 Å². The van der Waals surface area contributed by atoms with Gasteiger partial charge < -0.3 is 5.32 Å². The summed E-state index contributed by atoms with van der Waals surface area (Å²) in [6, 6.07) is 10.5. The first-order valence-electron chi connectivity index (χ1n) is 7.09. The van der Waals surface area contributed by atoms with Crippen molar-refractivity contribution in [3.8, 4) is 0 Å². The lowest BCUT2D eigenvalue weighted by molar-refractivity contribution is 0.102. The summed E-state index contributed by atoms with van der Waals surface area (Å²) in [7, 11) is 0. The monoisotopic (exact) mass is 312 g/mol. The van der Waals surface area contributed by atoms with Crippen LogP contribution in [0.1, 0.15) is 21.6 Å². The Kier molecular flexibility index (Phi) is 3.78. The lowest BCUT2D eigenvalue weighted by Crippen LogP contribution is -2.17. The van der Waals surface area contributed by atoms with Crippen LogP contribution in [-0.4, -0.2) is 10.9 Å². The van der Waals surface area contributed by atoms with Gasteiger partial charge in [-0.25, -0.2) is 8.78 Å². The van der Waals surface area contributed by atoms with Crippen LogP contribution in [0.3, 0.4) is 0 Å². The Morgan fingerprint density at radius 2 is 1.83 bits per heavy atom. The van der Waals surface area contributed by atoms with Crippen molar-refractivity contribution in [2.24, 2.45) is 0 Å². The van der Waals surface area contributed by atoms with Crippen LogP contribution in [0, 0.1) is 25.5 Å². The Balaban J connectivity index is 2.04. The maximum atomic E-state index is 13.7. The summed E-state index contributed by atoms with van der Waals surface area (Å²) < 4.78 is 26.7. The minimum atomic E-state index is -0.817. The third-order valence-corrected chi connectivity index (χ3v) is 3.74. The number of nitrogens with zero attached hydrogens (tertiary/aromatic N) is 1. The fourth-order valence-corrected chi connectivity index (χ4v) is 2.64. The molecule has 23 heavy (non-hydrogen) atoms. The predicted molar refractivity (Wildman–Crippen MR) is 85.5 cm³/mol. The molecule has 0 atom stereocenters. The van der Waals surface area contributed by atoms with Crippen LogP contribution in [0.5, 0.6) is 0 Å². The number of pyridine rings is 1. The zero-order chi connectivity index (χ0) is 16.6. The van der Waals surface area contributed by atoms with E-state index in [2.05, 4.69) is 10.3 Å². The highest BCUT2D eigenvalue weighted by Crippen LogP contribution is 2.24. The van der Waals surface area contributed by atoms with Crippen LogP contribution in [0.2, 0.25) is 0 Å². The zero-order valence-electron chi connectivity index (χ0n) is 12.7. The number of carbonyl (C=O) groups is 1. The van der Waals surface area contributed by atoms with E-state index < -0.39 is 17.5 Å². The molecule has 0 saturated heterocycles. The van der Waals surface area contributed by atoms with E-state index in [1.807, 2.05) is 31.2 Å². The number of carbonyl (C=O) groups excluding carboxylic acids is 1. The predicted octanol–water partition coefficient (Wildman–Crippen LogP) is 4.38. The first-order chi connectivity index (χ1) is 11.0. The molecule has 0 fully saturated rings. The minimum absolute atomic E-state index is 0.0663. The van der Waals surface area contributed by atoms with E-state index in [1.165, 1.54) is 6.07 Å². The molecule has 0 aliphatic rings. The van der Waals surface area contributed by atoms with Crippen molar-refractivity contribution in [1.29, 1.82) is 0 Å². The summed E-state index contributed by atoms with van der Waals surface area (Å²) in [6.45, 7) is 3.56. The van der Waals surface area contributed by atoms with Crippen molar-refractivity contribution in [1.82, 2.24) is 4.98 Å². The number of aryl methyl sites for hydroxylation is 2. The fourth-order valence-electron chi connectivity index (χ4n) is 2.64. The second-order valence-electron chi connectivity index (χ2n) is 5.29. The van der Waals surface area contributed by atoms with Gasteiger partial charge in [-0.1, -0.05) is 18.2 Å². The number of nitrogens with one attached hydrogen (secondary N) is 1. The third-order valence-electron chi connectivity index (χ3n) is 3.74. The zero-order valence-corrected chi connectivity index (χ0v) is 12.7. The van der Waals surface area contributed by atoms with Crippen LogP contribution >= 0.6 is 0 Å². The van der Waals surface area contributed by atoms with Gasteiger partial charge in [0.2, 0.25) is 0 Å². The van der Waals surface area contributed by atoms with Gasteiger partial charge in [-0.15, -0.1) is 0 Å². The van der Waals surface area contributed by atoms with E-state index in [-0.39, 0.29) is 5.69 Å². The number of rotatable bonds is 2. The fraction of sp³-hybridized carbons (Fsp3) is 0.111. The molecule has 0 bridgehead atoms. The molecule has 116 valence electrons. The molecule has 5 heteroatoms. The molecular formula is C18H14F2N2O. The average Bonchev–Trinajstić information content (AvgIpc) is 2.50. The average molecular weight is 312 g/mol. The van der Waals surface area contributed by atoms with Crippen LogP contribution in [0.4, 0.5) is 14.5 Å². The van der Waals surface area contributed by atoms with Crippen molar-refractivity contribution in [3.05, 3.63) is 70.9 Å². The molecule has 1 N–H and O–H groups in total. The maximum Gasteiger partial charge on any atom is 0.257 e. The second kappa shape index (κ2) is 5.76. The molecule has 0 spiro atoms. The van der Waals surface area contributed by atoms with Gasteiger partial charge in [0, 0.05) is 11.5 Å². The molecule has 1 aromatic heterocycles. The highest BCUT2D eigenvalue weighted by atomic mass is 19.1. The molecule has 0 radical (unpaired) electrons. The molecule has 0 aliphatic carbocycles. The molecule has 1 heterocycles. The summed E-state index contributed by atoms with van der Waals surface area (Å²) in [4.78, 5) is 16.9. The topological polar surface area (TPSA) is 42.0 Å². The molecule has 3 aromatic rings. The lowest BCUT2D eigenvalue weighted by atomic mass is 10.0. The standard InChI is InChI=1S/C18H14F2N2O/c1-10-13-5-3-4-6-15(13)21-11(2)17(10)18(23)22-16-8-7-12(19)9-14(16)20/h3-9H,1-2H3,(H,22,23).